The molecule has 0 aliphatic heterocycles. The van der Waals surface area contributed by atoms with Crippen molar-refractivity contribution >= 4 is 21.9 Å². The third kappa shape index (κ3) is 4.50. The monoisotopic (exact) mass is 318 g/mol. The molecule has 0 saturated carbocycles. The van der Waals surface area contributed by atoms with Crippen LogP contribution in [0.5, 0.6) is 0 Å². The van der Waals surface area contributed by atoms with Crippen molar-refractivity contribution in [1.29, 1.82) is 0 Å². The number of halogens is 1. The van der Waals surface area contributed by atoms with Crippen LogP contribution in [0.3, 0.4) is 0 Å². The summed E-state index contributed by atoms with van der Waals surface area (Å²) in [5.41, 5.74) is 4.92. The highest BCUT2D eigenvalue weighted by Gasteiger charge is 2.27. The molecule has 1 rings (SSSR count). The van der Waals surface area contributed by atoms with Crippen LogP contribution in [0.25, 0.3) is 0 Å². The van der Waals surface area contributed by atoms with E-state index >= 15 is 0 Å². The number of nitrogens with two attached hydrogens (primary N) is 1. The van der Waals surface area contributed by atoms with E-state index in [1.165, 1.54) is 26.0 Å². The highest BCUT2D eigenvalue weighted by molar-refractivity contribution is 7.89. The summed E-state index contributed by atoms with van der Waals surface area (Å²) in [5.74, 6) is -2.82. The van der Waals surface area contributed by atoms with Gasteiger partial charge in [-0.15, -0.1) is 0 Å². The number of carbonyl (C=O) groups is 2. The molecule has 0 saturated heterocycles. The van der Waals surface area contributed by atoms with Crippen LogP contribution in [-0.4, -0.2) is 32.4 Å². The molecule has 0 unspecified atom stereocenters. The predicted molar refractivity (Wildman–Crippen MR) is 70.9 cm³/mol. The average Bonchev–Trinajstić information content (AvgIpc) is 2.38. The van der Waals surface area contributed by atoms with Crippen LogP contribution in [0.4, 0.5) is 4.39 Å². The summed E-state index contributed by atoms with van der Waals surface area (Å²) in [6.07, 6.45) is -1.20. The van der Waals surface area contributed by atoms with Gasteiger partial charge in [-0.1, -0.05) is 12.1 Å². The van der Waals surface area contributed by atoms with Crippen molar-refractivity contribution in [3.05, 3.63) is 30.1 Å². The molecule has 1 amide bonds. The van der Waals surface area contributed by atoms with E-state index in [0.29, 0.717) is 0 Å². The molecule has 0 aliphatic carbocycles. The van der Waals surface area contributed by atoms with Crippen LogP contribution in [0.15, 0.2) is 29.2 Å². The summed E-state index contributed by atoms with van der Waals surface area (Å²) in [5, 5.41) is 0. The van der Waals surface area contributed by atoms with Crippen LogP contribution in [0.1, 0.15) is 13.8 Å². The molecule has 0 bridgehead atoms. The Morgan fingerprint density at radius 1 is 1.29 bits per heavy atom. The number of primary amides is 1. The minimum atomic E-state index is -4.23. The van der Waals surface area contributed by atoms with Gasteiger partial charge in [-0.05, 0) is 26.0 Å². The summed E-state index contributed by atoms with van der Waals surface area (Å²) < 4.78 is 43.9. The predicted octanol–water partition coefficient (Wildman–Crippen LogP) is -0.0905. The first-order valence-electron chi connectivity index (χ1n) is 5.92. The second-order valence-corrected chi connectivity index (χ2v) is 5.94. The van der Waals surface area contributed by atoms with Crippen molar-refractivity contribution in [2.75, 3.05) is 0 Å². The van der Waals surface area contributed by atoms with Gasteiger partial charge in [0.2, 0.25) is 10.0 Å². The lowest BCUT2D eigenvalue weighted by Gasteiger charge is -2.16. The lowest BCUT2D eigenvalue weighted by molar-refractivity contribution is -0.155. The second-order valence-electron chi connectivity index (χ2n) is 4.25. The molecule has 21 heavy (non-hydrogen) atoms. The maximum Gasteiger partial charge on any atom is 0.324 e. The highest BCUT2D eigenvalue weighted by Crippen LogP contribution is 2.13. The SMILES string of the molecule is C[C@H](NS(=O)(=O)c1ccccc1F)C(=O)O[C@H](C)C(N)=O. The minimum Gasteiger partial charge on any atom is -0.451 e. The summed E-state index contributed by atoms with van der Waals surface area (Å²) >= 11 is 0. The molecule has 0 spiro atoms. The van der Waals surface area contributed by atoms with Gasteiger partial charge in [0.1, 0.15) is 16.8 Å². The van der Waals surface area contributed by atoms with E-state index in [1.807, 2.05) is 4.72 Å². The van der Waals surface area contributed by atoms with Crippen LogP contribution in [0.2, 0.25) is 0 Å². The van der Waals surface area contributed by atoms with Crippen molar-refractivity contribution in [3.8, 4) is 0 Å². The third-order valence-corrected chi connectivity index (χ3v) is 4.08. The number of hydrogen-bond acceptors (Lipinski definition) is 5. The Labute approximate surface area is 121 Å². The number of sulfonamides is 1. The van der Waals surface area contributed by atoms with Gasteiger partial charge >= 0.3 is 5.97 Å². The fraction of sp³-hybridized carbons (Fsp3) is 0.333. The molecule has 0 aromatic heterocycles. The van der Waals surface area contributed by atoms with Crippen molar-refractivity contribution in [3.63, 3.8) is 0 Å². The second kappa shape index (κ2) is 6.64. The quantitative estimate of drug-likeness (QED) is 0.711. The molecule has 7 nitrogen and oxygen atoms in total. The Bertz CT molecular complexity index is 647. The molecule has 9 heteroatoms. The van der Waals surface area contributed by atoms with Gasteiger partial charge < -0.3 is 10.5 Å². The van der Waals surface area contributed by atoms with Crippen molar-refractivity contribution in [2.45, 2.75) is 30.9 Å². The Morgan fingerprint density at radius 2 is 1.86 bits per heavy atom. The fourth-order valence-corrected chi connectivity index (χ4v) is 2.61. The average molecular weight is 318 g/mol. The van der Waals surface area contributed by atoms with Gasteiger partial charge in [-0.2, -0.15) is 4.72 Å². The van der Waals surface area contributed by atoms with Crippen molar-refractivity contribution < 1.29 is 27.1 Å². The molecular weight excluding hydrogens is 303 g/mol. The maximum absolute atomic E-state index is 13.5. The highest BCUT2D eigenvalue weighted by atomic mass is 32.2. The summed E-state index contributed by atoms with van der Waals surface area (Å²) in [6.45, 7) is 2.45. The molecule has 1 aromatic carbocycles. The number of esters is 1. The first-order chi connectivity index (χ1) is 9.65. The Hall–Kier alpha value is -2.00. The van der Waals surface area contributed by atoms with Gasteiger partial charge in [-0.25, -0.2) is 12.8 Å². The van der Waals surface area contributed by atoms with E-state index in [0.717, 1.165) is 12.1 Å². The van der Waals surface area contributed by atoms with Crippen molar-refractivity contribution in [2.24, 2.45) is 5.73 Å². The summed E-state index contributed by atoms with van der Waals surface area (Å²) in [7, 11) is -4.23. The van der Waals surface area contributed by atoms with Crippen LogP contribution in [0, 0.1) is 5.82 Å². The maximum atomic E-state index is 13.5. The van der Waals surface area contributed by atoms with E-state index in [9.17, 15) is 22.4 Å². The van der Waals surface area contributed by atoms with Gasteiger partial charge in [-0.3, -0.25) is 9.59 Å². The van der Waals surface area contributed by atoms with Gasteiger partial charge in [0, 0.05) is 0 Å². The standard InChI is InChI=1S/C12H15FN2O5S/c1-7(12(17)20-8(2)11(14)16)15-21(18,19)10-6-4-3-5-9(10)13/h3-8,15H,1-2H3,(H2,14,16)/t7-,8+/m0/s1. The Kier molecular flexibility index (Phi) is 5.39. The molecule has 0 fully saturated rings. The number of hydrogen-bond donors (Lipinski definition) is 2. The smallest absolute Gasteiger partial charge is 0.324 e. The minimum absolute atomic E-state index is 0.590. The zero-order valence-electron chi connectivity index (χ0n) is 11.4. The fourth-order valence-electron chi connectivity index (χ4n) is 1.34. The molecule has 0 aliphatic rings. The Balaban J connectivity index is 2.83. The zero-order valence-corrected chi connectivity index (χ0v) is 12.2. The summed E-state index contributed by atoms with van der Waals surface area (Å²) in [6, 6.07) is 3.40. The lowest BCUT2D eigenvalue weighted by Crippen LogP contribution is -2.42. The first kappa shape index (κ1) is 17.1. The largest absolute Gasteiger partial charge is 0.451 e. The number of amides is 1. The van der Waals surface area contributed by atoms with E-state index in [-0.39, 0.29) is 0 Å². The number of benzene rings is 1. The lowest BCUT2D eigenvalue weighted by atomic mass is 10.3. The van der Waals surface area contributed by atoms with E-state index < -0.39 is 44.8 Å². The normalized spacial score (nSPS) is 14.2. The van der Waals surface area contributed by atoms with E-state index in [2.05, 4.69) is 4.74 Å². The van der Waals surface area contributed by atoms with Crippen LogP contribution < -0.4 is 10.5 Å². The molecule has 0 heterocycles. The number of rotatable bonds is 6. The number of nitrogens with one attached hydrogen (secondary N) is 1. The Morgan fingerprint density at radius 3 is 2.38 bits per heavy atom. The van der Waals surface area contributed by atoms with Gasteiger partial charge in [0.15, 0.2) is 6.10 Å². The third-order valence-electron chi connectivity index (χ3n) is 2.51. The van der Waals surface area contributed by atoms with Gasteiger partial charge in [0.05, 0.1) is 0 Å². The molecule has 116 valence electrons. The molecule has 0 radical (unpaired) electrons. The number of ether oxygens (including phenoxy) is 1. The van der Waals surface area contributed by atoms with Crippen molar-refractivity contribution in [1.82, 2.24) is 4.72 Å². The first-order valence-corrected chi connectivity index (χ1v) is 7.40. The zero-order chi connectivity index (χ0) is 16.2. The topological polar surface area (TPSA) is 116 Å². The molecule has 2 atom stereocenters. The molecule has 3 N–H and O–H groups in total. The molecule has 1 aromatic rings. The van der Waals surface area contributed by atoms with Crippen LogP contribution in [-0.2, 0) is 24.3 Å². The van der Waals surface area contributed by atoms with E-state index in [4.69, 9.17) is 5.73 Å². The van der Waals surface area contributed by atoms with Crippen LogP contribution >= 0.6 is 0 Å². The summed E-state index contributed by atoms with van der Waals surface area (Å²) in [4.78, 5) is 21.8. The van der Waals surface area contributed by atoms with Gasteiger partial charge in [0.25, 0.3) is 5.91 Å². The molecular formula is C12H15FN2O5S. The van der Waals surface area contributed by atoms with E-state index in [1.54, 1.807) is 0 Å². The number of carbonyl (C=O) groups excluding carboxylic acids is 2.